The molecule has 0 amide bonds. The van der Waals surface area contributed by atoms with Gasteiger partial charge >= 0.3 is 0 Å². The van der Waals surface area contributed by atoms with Crippen molar-refractivity contribution in [2.75, 3.05) is 14.1 Å². The fourth-order valence-electron chi connectivity index (χ4n) is 1.04. The molecule has 1 rings (SSSR count). The fourth-order valence-corrected chi connectivity index (χ4v) is 2.50. The molecule has 0 saturated carbocycles. The molecule has 0 atom stereocenters. The minimum atomic E-state index is -3.77. The van der Waals surface area contributed by atoms with Crippen LogP contribution in [0.4, 0.5) is 5.69 Å². The molecule has 1 aromatic carbocycles. The first-order valence-corrected chi connectivity index (χ1v) is 5.95. The Balaban J connectivity index is 3.49. The van der Waals surface area contributed by atoms with Gasteiger partial charge in [-0.2, -0.15) is 0 Å². The number of nitrogens with zero attached hydrogens (tertiary/aromatic N) is 2. The van der Waals surface area contributed by atoms with Crippen LogP contribution in [0.25, 0.3) is 0 Å². The number of nitro groups is 1. The van der Waals surface area contributed by atoms with Crippen molar-refractivity contribution < 1.29 is 13.3 Å². The lowest BCUT2D eigenvalue weighted by molar-refractivity contribution is -0.384. The zero-order valence-electron chi connectivity index (χ0n) is 8.55. The van der Waals surface area contributed by atoms with Crippen molar-refractivity contribution in [2.45, 2.75) is 4.90 Å². The number of hydrogen-bond donors (Lipinski definition) is 0. The first-order valence-electron chi connectivity index (χ1n) is 4.14. The van der Waals surface area contributed by atoms with Gasteiger partial charge in [0.2, 0.25) is 10.0 Å². The molecular weight excluding hydrogens is 256 g/mol. The number of sulfonamides is 1. The van der Waals surface area contributed by atoms with Crippen LogP contribution in [0.15, 0.2) is 23.1 Å². The number of benzene rings is 1. The molecule has 0 aliphatic carbocycles. The number of nitro benzene ring substituents is 1. The van der Waals surface area contributed by atoms with Crippen molar-refractivity contribution in [1.29, 1.82) is 0 Å². The van der Waals surface area contributed by atoms with E-state index in [4.69, 9.17) is 11.6 Å². The highest BCUT2D eigenvalue weighted by Crippen LogP contribution is 2.31. The topological polar surface area (TPSA) is 80.5 Å². The maximum absolute atomic E-state index is 11.7. The predicted molar refractivity (Wildman–Crippen MR) is 59.0 cm³/mol. The van der Waals surface area contributed by atoms with Crippen LogP contribution < -0.4 is 0 Å². The SMILES string of the molecule is CN(C)S(=O)(=O)c1cccc([N+](=O)[O-])c1Cl. The van der Waals surface area contributed by atoms with E-state index < -0.39 is 20.6 Å². The molecule has 0 N–H and O–H groups in total. The molecule has 0 aliphatic rings. The molecule has 0 unspecified atom stereocenters. The normalized spacial score (nSPS) is 11.8. The van der Waals surface area contributed by atoms with Gasteiger partial charge in [-0.05, 0) is 6.07 Å². The lowest BCUT2D eigenvalue weighted by atomic mass is 10.3. The van der Waals surface area contributed by atoms with Crippen LogP contribution in [-0.2, 0) is 10.0 Å². The van der Waals surface area contributed by atoms with Crippen molar-refractivity contribution >= 4 is 27.3 Å². The summed E-state index contributed by atoms with van der Waals surface area (Å²) >= 11 is 5.68. The standard InChI is InChI=1S/C8H9ClN2O4S/c1-10(2)16(14,15)7-5-3-4-6(8(7)9)11(12)13/h3-5H,1-2H3. The summed E-state index contributed by atoms with van der Waals surface area (Å²) in [6.45, 7) is 0. The Morgan fingerprint density at radius 3 is 2.38 bits per heavy atom. The van der Waals surface area contributed by atoms with Crippen LogP contribution >= 0.6 is 11.6 Å². The molecular formula is C8H9ClN2O4S. The van der Waals surface area contributed by atoms with E-state index in [0.717, 1.165) is 10.4 Å². The van der Waals surface area contributed by atoms with Gasteiger partial charge in [0.25, 0.3) is 5.69 Å². The van der Waals surface area contributed by atoms with Gasteiger partial charge in [0.15, 0.2) is 0 Å². The first kappa shape index (κ1) is 12.9. The second-order valence-corrected chi connectivity index (χ2v) is 5.63. The molecule has 0 heterocycles. The first-order chi connectivity index (χ1) is 7.28. The monoisotopic (exact) mass is 264 g/mol. The minimum Gasteiger partial charge on any atom is -0.258 e. The van der Waals surface area contributed by atoms with Crippen LogP contribution in [0.3, 0.4) is 0 Å². The fraction of sp³-hybridized carbons (Fsp3) is 0.250. The Morgan fingerprint density at radius 1 is 1.38 bits per heavy atom. The highest BCUT2D eigenvalue weighted by molar-refractivity contribution is 7.89. The van der Waals surface area contributed by atoms with Crippen molar-refractivity contribution in [3.63, 3.8) is 0 Å². The average molecular weight is 265 g/mol. The third kappa shape index (κ3) is 2.16. The summed E-state index contributed by atoms with van der Waals surface area (Å²) in [4.78, 5) is 9.59. The molecule has 0 radical (unpaired) electrons. The van der Waals surface area contributed by atoms with Crippen LogP contribution in [0.5, 0.6) is 0 Å². The highest BCUT2D eigenvalue weighted by atomic mass is 35.5. The van der Waals surface area contributed by atoms with Crippen LogP contribution in [0.2, 0.25) is 5.02 Å². The maximum Gasteiger partial charge on any atom is 0.289 e. The molecule has 1 aromatic rings. The van der Waals surface area contributed by atoms with E-state index in [1.165, 1.54) is 26.2 Å². The van der Waals surface area contributed by atoms with Crippen molar-refractivity contribution in [3.8, 4) is 0 Å². The predicted octanol–water partition coefficient (Wildman–Crippen LogP) is 1.50. The Hall–Kier alpha value is -1.18. The van der Waals surface area contributed by atoms with Gasteiger partial charge in [0, 0.05) is 20.2 Å². The van der Waals surface area contributed by atoms with Crippen molar-refractivity contribution in [2.24, 2.45) is 0 Å². The minimum absolute atomic E-state index is 0.270. The van der Waals surface area contributed by atoms with Gasteiger partial charge in [0.1, 0.15) is 9.92 Å². The zero-order valence-corrected chi connectivity index (χ0v) is 10.1. The van der Waals surface area contributed by atoms with Crippen LogP contribution in [0, 0.1) is 10.1 Å². The summed E-state index contributed by atoms with van der Waals surface area (Å²) in [6, 6.07) is 3.65. The van der Waals surface area contributed by atoms with E-state index in [-0.39, 0.29) is 9.92 Å². The highest BCUT2D eigenvalue weighted by Gasteiger charge is 2.25. The van der Waals surface area contributed by atoms with E-state index in [1.54, 1.807) is 0 Å². The van der Waals surface area contributed by atoms with Gasteiger partial charge in [-0.3, -0.25) is 10.1 Å². The maximum atomic E-state index is 11.7. The van der Waals surface area contributed by atoms with E-state index in [2.05, 4.69) is 0 Å². The van der Waals surface area contributed by atoms with Gasteiger partial charge in [-0.1, -0.05) is 17.7 Å². The lowest BCUT2D eigenvalue weighted by Crippen LogP contribution is -2.22. The molecule has 0 fully saturated rings. The smallest absolute Gasteiger partial charge is 0.258 e. The number of halogens is 1. The summed E-state index contributed by atoms with van der Waals surface area (Å²) < 4.78 is 24.4. The van der Waals surface area contributed by atoms with E-state index in [0.29, 0.717) is 0 Å². The van der Waals surface area contributed by atoms with Crippen molar-refractivity contribution in [3.05, 3.63) is 33.3 Å². The van der Waals surface area contributed by atoms with E-state index in [1.807, 2.05) is 0 Å². The second kappa shape index (κ2) is 4.36. The molecule has 0 bridgehead atoms. The van der Waals surface area contributed by atoms with Gasteiger partial charge in [-0.15, -0.1) is 0 Å². The Kier molecular flexibility index (Phi) is 3.51. The van der Waals surface area contributed by atoms with Gasteiger partial charge in [0.05, 0.1) is 4.92 Å². The number of hydrogen-bond acceptors (Lipinski definition) is 4. The molecule has 8 heteroatoms. The summed E-state index contributed by atoms with van der Waals surface area (Å²) in [5.41, 5.74) is -0.426. The van der Waals surface area contributed by atoms with Gasteiger partial charge < -0.3 is 0 Å². The largest absolute Gasteiger partial charge is 0.289 e. The second-order valence-electron chi connectivity index (χ2n) is 3.13. The van der Waals surface area contributed by atoms with Crippen LogP contribution in [0.1, 0.15) is 0 Å². The molecule has 88 valence electrons. The summed E-state index contributed by atoms with van der Waals surface area (Å²) in [5, 5.41) is 10.2. The average Bonchev–Trinajstić information content (AvgIpc) is 2.16. The Bertz CT molecular complexity index is 527. The molecule has 0 aromatic heterocycles. The van der Waals surface area contributed by atoms with E-state index in [9.17, 15) is 18.5 Å². The summed E-state index contributed by atoms with van der Waals surface area (Å²) in [7, 11) is -1.12. The lowest BCUT2D eigenvalue weighted by Gasteiger charge is -2.12. The molecule has 16 heavy (non-hydrogen) atoms. The van der Waals surface area contributed by atoms with Crippen LogP contribution in [-0.4, -0.2) is 31.7 Å². The molecule has 0 spiro atoms. The molecule has 6 nitrogen and oxygen atoms in total. The van der Waals surface area contributed by atoms with E-state index >= 15 is 0 Å². The summed E-state index contributed by atoms with van der Waals surface area (Å²) in [5.74, 6) is 0. The molecule has 0 aliphatic heterocycles. The van der Waals surface area contributed by atoms with Gasteiger partial charge in [-0.25, -0.2) is 12.7 Å². The third-order valence-electron chi connectivity index (χ3n) is 1.90. The Morgan fingerprint density at radius 2 is 1.94 bits per heavy atom. The third-order valence-corrected chi connectivity index (χ3v) is 4.26. The van der Waals surface area contributed by atoms with Crippen molar-refractivity contribution in [1.82, 2.24) is 4.31 Å². The zero-order chi connectivity index (χ0) is 12.5. The Labute approximate surface area is 97.6 Å². The number of rotatable bonds is 3. The quantitative estimate of drug-likeness (QED) is 0.612. The molecule has 0 saturated heterocycles. The summed E-state index contributed by atoms with van der Waals surface area (Å²) in [6.07, 6.45) is 0.